The molecule has 18 heavy (non-hydrogen) atoms. The number of carboxylic acid groups (broad SMARTS) is 1. The van der Waals surface area contributed by atoms with Crippen LogP contribution in [0.5, 0.6) is 0 Å². The van der Waals surface area contributed by atoms with E-state index in [0.717, 1.165) is 0 Å². The SMILES string of the molecule is Cc1nn(-c2ccc(C(=O)O)cc2)cc1C(F)F. The van der Waals surface area contributed by atoms with Gasteiger partial charge in [0.2, 0.25) is 0 Å². The van der Waals surface area contributed by atoms with Crippen molar-refractivity contribution in [2.75, 3.05) is 0 Å². The van der Waals surface area contributed by atoms with Gasteiger partial charge in [-0.05, 0) is 31.2 Å². The minimum Gasteiger partial charge on any atom is -0.478 e. The molecule has 0 aliphatic carbocycles. The van der Waals surface area contributed by atoms with Gasteiger partial charge in [-0.15, -0.1) is 0 Å². The van der Waals surface area contributed by atoms with Crippen molar-refractivity contribution in [3.8, 4) is 5.69 Å². The zero-order chi connectivity index (χ0) is 13.3. The van der Waals surface area contributed by atoms with E-state index in [1.807, 2.05) is 0 Å². The number of aromatic nitrogens is 2. The summed E-state index contributed by atoms with van der Waals surface area (Å²) in [6.07, 6.45) is -1.33. The van der Waals surface area contributed by atoms with Gasteiger partial charge in [-0.1, -0.05) is 0 Å². The number of hydrogen-bond acceptors (Lipinski definition) is 2. The number of aryl methyl sites for hydroxylation is 1. The molecule has 6 heteroatoms. The Labute approximate surface area is 101 Å². The summed E-state index contributed by atoms with van der Waals surface area (Å²) in [7, 11) is 0. The van der Waals surface area contributed by atoms with Crippen LogP contribution >= 0.6 is 0 Å². The summed E-state index contributed by atoms with van der Waals surface area (Å²) >= 11 is 0. The van der Waals surface area contributed by atoms with Gasteiger partial charge < -0.3 is 5.11 Å². The molecule has 0 unspecified atom stereocenters. The van der Waals surface area contributed by atoms with E-state index < -0.39 is 12.4 Å². The molecule has 0 spiro atoms. The van der Waals surface area contributed by atoms with E-state index in [-0.39, 0.29) is 16.8 Å². The molecule has 0 aliphatic rings. The summed E-state index contributed by atoms with van der Waals surface area (Å²) in [5.41, 5.74) is 0.802. The summed E-state index contributed by atoms with van der Waals surface area (Å²) in [6, 6.07) is 5.84. The minimum atomic E-state index is -2.57. The third-order valence-electron chi connectivity index (χ3n) is 2.55. The Morgan fingerprint density at radius 3 is 2.39 bits per heavy atom. The highest BCUT2D eigenvalue weighted by Crippen LogP contribution is 2.23. The van der Waals surface area contributed by atoms with Crippen molar-refractivity contribution in [2.45, 2.75) is 13.3 Å². The fourth-order valence-electron chi connectivity index (χ4n) is 1.58. The maximum absolute atomic E-state index is 12.6. The number of carbonyl (C=O) groups is 1. The monoisotopic (exact) mass is 252 g/mol. The fourth-order valence-corrected chi connectivity index (χ4v) is 1.58. The Kier molecular flexibility index (Phi) is 3.10. The Hall–Kier alpha value is -2.24. The lowest BCUT2D eigenvalue weighted by molar-refractivity contribution is 0.0697. The molecule has 1 heterocycles. The Bertz CT molecular complexity index is 576. The van der Waals surface area contributed by atoms with E-state index >= 15 is 0 Å². The van der Waals surface area contributed by atoms with Gasteiger partial charge in [0.1, 0.15) is 0 Å². The molecule has 0 fully saturated rings. The summed E-state index contributed by atoms with van der Waals surface area (Å²) < 4.78 is 26.5. The lowest BCUT2D eigenvalue weighted by Crippen LogP contribution is -1.98. The van der Waals surface area contributed by atoms with E-state index in [9.17, 15) is 13.6 Å². The van der Waals surface area contributed by atoms with Gasteiger partial charge in [0, 0.05) is 6.20 Å². The molecule has 4 nitrogen and oxygen atoms in total. The van der Waals surface area contributed by atoms with Crippen molar-refractivity contribution >= 4 is 5.97 Å². The molecule has 1 aromatic heterocycles. The second kappa shape index (κ2) is 4.56. The molecule has 0 aliphatic heterocycles. The highest BCUT2D eigenvalue weighted by atomic mass is 19.3. The molecule has 0 atom stereocenters. The van der Waals surface area contributed by atoms with Crippen molar-refractivity contribution in [3.05, 3.63) is 47.3 Å². The van der Waals surface area contributed by atoms with Gasteiger partial charge >= 0.3 is 5.97 Å². The molecular formula is C12H10F2N2O2. The Morgan fingerprint density at radius 2 is 1.94 bits per heavy atom. The van der Waals surface area contributed by atoms with Gasteiger partial charge in [-0.25, -0.2) is 18.3 Å². The van der Waals surface area contributed by atoms with Crippen LogP contribution in [0.15, 0.2) is 30.5 Å². The fraction of sp³-hybridized carbons (Fsp3) is 0.167. The van der Waals surface area contributed by atoms with E-state index in [2.05, 4.69) is 5.10 Å². The largest absolute Gasteiger partial charge is 0.478 e. The average molecular weight is 252 g/mol. The smallest absolute Gasteiger partial charge is 0.335 e. The second-order valence-electron chi connectivity index (χ2n) is 3.77. The van der Waals surface area contributed by atoms with E-state index in [4.69, 9.17) is 5.11 Å². The van der Waals surface area contributed by atoms with Gasteiger partial charge in [0.25, 0.3) is 6.43 Å². The van der Waals surface area contributed by atoms with Crippen LogP contribution in [0.1, 0.15) is 28.0 Å². The molecule has 0 saturated carbocycles. The molecule has 0 saturated heterocycles. The van der Waals surface area contributed by atoms with Gasteiger partial charge in [0.05, 0.1) is 22.5 Å². The molecule has 1 aromatic carbocycles. The zero-order valence-electron chi connectivity index (χ0n) is 9.47. The number of nitrogens with zero attached hydrogens (tertiary/aromatic N) is 2. The van der Waals surface area contributed by atoms with Crippen LogP contribution in [-0.4, -0.2) is 20.9 Å². The summed E-state index contributed by atoms with van der Waals surface area (Å²) in [6.45, 7) is 1.50. The third-order valence-corrected chi connectivity index (χ3v) is 2.55. The van der Waals surface area contributed by atoms with Crippen molar-refractivity contribution in [1.82, 2.24) is 9.78 Å². The van der Waals surface area contributed by atoms with Gasteiger partial charge in [-0.3, -0.25) is 0 Å². The van der Waals surface area contributed by atoms with Crippen LogP contribution in [-0.2, 0) is 0 Å². The molecule has 0 amide bonds. The number of benzene rings is 1. The third kappa shape index (κ3) is 2.22. The molecule has 1 N–H and O–H groups in total. The molecule has 94 valence electrons. The normalized spacial score (nSPS) is 10.9. The second-order valence-corrected chi connectivity index (χ2v) is 3.77. The topological polar surface area (TPSA) is 55.1 Å². The number of halogens is 2. The van der Waals surface area contributed by atoms with Gasteiger partial charge in [0.15, 0.2) is 0 Å². The number of carboxylic acids is 1. The number of alkyl halides is 2. The first kappa shape index (κ1) is 12.2. The van der Waals surface area contributed by atoms with E-state index in [0.29, 0.717) is 5.69 Å². The van der Waals surface area contributed by atoms with Crippen LogP contribution in [0.3, 0.4) is 0 Å². The van der Waals surface area contributed by atoms with E-state index in [1.165, 1.54) is 42.1 Å². The standard InChI is InChI=1S/C12H10F2N2O2/c1-7-10(11(13)14)6-16(15-7)9-4-2-8(3-5-9)12(17)18/h2-6,11H,1H3,(H,17,18). The Morgan fingerprint density at radius 1 is 1.33 bits per heavy atom. The predicted octanol–water partition coefficient (Wildman–Crippen LogP) is 2.82. The summed E-state index contributed by atoms with van der Waals surface area (Å²) in [5, 5.41) is 12.7. The lowest BCUT2D eigenvalue weighted by atomic mass is 10.2. The highest BCUT2D eigenvalue weighted by molar-refractivity contribution is 5.87. The molecule has 0 radical (unpaired) electrons. The summed E-state index contributed by atoms with van der Waals surface area (Å²) in [5.74, 6) is -1.04. The van der Waals surface area contributed by atoms with Crippen LogP contribution in [0.4, 0.5) is 8.78 Å². The van der Waals surface area contributed by atoms with Crippen LogP contribution < -0.4 is 0 Å². The number of aromatic carboxylic acids is 1. The maximum atomic E-state index is 12.6. The number of rotatable bonds is 3. The number of hydrogen-bond donors (Lipinski definition) is 1. The minimum absolute atomic E-state index is 0.127. The Balaban J connectivity index is 2.37. The summed E-state index contributed by atoms with van der Waals surface area (Å²) in [4.78, 5) is 10.7. The first-order chi connectivity index (χ1) is 8.49. The highest BCUT2D eigenvalue weighted by Gasteiger charge is 2.15. The zero-order valence-corrected chi connectivity index (χ0v) is 9.47. The van der Waals surface area contributed by atoms with Crippen molar-refractivity contribution in [1.29, 1.82) is 0 Å². The first-order valence-corrected chi connectivity index (χ1v) is 5.17. The quantitative estimate of drug-likeness (QED) is 0.913. The van der Waals surface area contributed by atoms with Crippen LogP contribution in [0.2, 0.25) is 0 Å². The molecule has 0 bridgehead atoms. The first-order valence-electron chi connectivity index (χ1n) is 5.17. The van der Waals surface area contributed by atoms with E-state index in [1.54, 1.807) is 0 Å². The molecular weight excluding hydrogens is 242 g/mol. The van der Waals surface area contributed by atoms with Crippen molar-refractivity contribution in [2.24, 2.45) is 0 Å². The van der Waals surface area contributed by atoms with Crippen LogP contribution in [0, 0.1) is 6.92 Å². The molecule has 2 rings (SSSR count). The predicted molar refractivity (Wildman–Crippen MR) is 60.2 cm³/mol. The van der Waals surface area contributed by atoms with Crippen LogP contribution in [0.25, 0.3) is 5.69 Å². The lowest BCUT2D eigenvalue weighted by Gasteiger charge is -2.01. The van der Waals surface area contributed by atoms with Crippen molar-refractivity contribution in [3.63, 3.8) is 0 Å². The average Bonchev–Trinajstić information content (AvgIpc) is 2.71. The van der Waals surface area contributed by atoms with Crippen molar-refractivity contribution < 1.29 is 18.7 Å². The maximum Gasteiger partial charge on any atom is 0.335 e. The molecule has 2 aromatic rings. The van der Waals surface area contributed by atoms with Gasteiger partial charge in [-0.2, -0.15) is 5.10 Å².